The first-order valence-electron chi connectivity index (χ1n) is 12.8. The molecule has 2 heterocycles. The van der Waals surface area contributed by atoms with Crippen molar-refractivity contribution in [3.8, 4) is 0 Å². The third-order valence-electron chi connectivity index (χ3n) is 7.32. The summed E-state index contributed by atoms with van der Waals surface area (Å²) in [4.78, 5) is 32.4. The van der Waals surface area contributed by atoms with Gasteiger partial charge in [0.05, 0.1) is 6.04 Å². The molecule has 1 fully saturated rings. The number of piperazine rings is 1. The largest absolute Gasteiger partial charge is 0.374 e. The van der Waals surface area contributed by atoms with E-state index in [1.54, 1.807) is 0 Å². The zero-order valence-corrected chi connectivity index (χ0v) is 21.5. The third-order valence-corrected chi connectivity index (χ3v) is 7.32. The van der Waals surface area contributed by atoms with Crippen molar-refractivity contribution in [3.63, 3.8) is 0 Å². The molecule has 7 heteroatoms. The van der Waals surface area contributed by atoms with Crippen molar-refractivity contribution < 1.29 is 9.59 Å². The Labute approximate surface area is 209 Å². The van der Waals surface area contributed by atoms with E-state index in [9.17, 15) is 9.59 Å². The maximum atomic E-state index is 12.7. The Bertz CT molecular complexity index is 1030. The molecule has 2 N–H and O–H groups in total. The van der Waals surface area contributed by atoms with Crippen LogP contribution in [0.3, 0.4) is 0 Å². The molecule has 0 aromatic heterocycles. The first-order chi connectivity index (χ1) is 16.8. The molecule has 1 saturated heterocycles. The molecule has 2 amide bonds. The minimum absolute atomic E-state index is 0.0308. The van der Waals surface area contributed by atoms with Gasteiger partial charge in [0.2, 0.25) is 0 Å². The Balaban J connectivity index is 1.44. The van der Waals surface area contributed by atoms with Gasteiger partial charge >= 0.3 is 11.8 Å². The van der Waals surface area contributed by atoms with E-state index in [1.807, 2.05) is 24.3 Å². The van der Waals surface area contributed by atoms with E-state index >= 15 is 0 Å². The summed E-state index contributed by atoms with van der Waals surface area (Å²) in [5.74, 6) is -0.820. The Hall–Kier alpha value is -2.90. The Morgan fingerprint density at radius 2 is 1.57 bits per heavy atom. The highest BCUT2D eigenvalue weighted by molar-refractivity contribution is 6.39. The summed E-state index contributed by atoms with van der Waals surface area (Å²) < 4.78 is 0. The molecule has 0 saturated carbocycles. The second-order valence-corrected chi connectivity index (χ2v) is 10.2. The number of aryl methyl sites for hydroxylation is 1. The van der Waals surface area contributed by atoms with Gasteiger partial charge in [-0.25, -0.2) is 0 Å². The van der Waals surface area contributed by atoms with Gasteiger partial charge in [0.25, 0.3) is 0 Å². The number of benzene rings is 2. The first kappa shape index (κ1) is 25.2. The Morgan fingerprint density at radius 3 is 2.26 bits per heavy atom. The quantitative estimate of drug-likeness (QED) is 0.626. The normalized spacial score (nSPS) is 17.7. The number of likely N-dealkylation sites (N-methyl/N-ethyl adjacent to an activating group) is 1. The van der Waals surface area contributed by atoms with Crippen LogP contribution in [0.25, 0.3) is 0 Å². The number of hydrogen-bond donors (Lipinski definition) is 2. The van der Waals surface area contributed by atoms with Crippen molar-refractivity contribution in [2.24, 2.45) is 0 Å². The average Bonchev–Trinajstić information content (AvgIpc) is 2.85. The van der Waals surface area contributed by atoms with Crippen molar-refractivity contribution in [2.75, 3.05) is 63.6 Å². The van der Waals surface area contributed by atoms with Crippen molar-refractivity contribution in [1.29, 1.82) is 0 Å². The highest BCUT2D eigenvalue weighted by atomic mass is 16.2. The van der Waals surface area contributed by atoms with E-state index in [0.717, 1.165) is 45.6 Å². The lowest BCUT2D eigenvalue weighted by atomic mass is 9.95. The van der Waals surface area contributed by atoms with Crippen LogP contribution in [0.4, 0.5) is 11.4 Å². The van der Waals surface area contributed by atoms with Crippen LogP contribution in [0, 0.1) is 0 Å². The van der Waals surface area contributed by atoms with Crippen LogP contribution in [0.15, 0.2) is 42.5 Å². The molecule has 2 aromatic carbocycles. The van der Waals surface area contributed by atoms with Crippen molar-refractivity contribution in [2.45, 2.75) is 38.6 Å². The number of amides is 2. The molecule has 35 heavy (non-hydrogen) atoms. The van der Waals surface area contributed by atoms with Gasteiger partial charge in [-0.2, -0.15) is 0 Å². The molecular formula is C28H39N5O2. The van der Waals surface area contributed by atoms with Crippen molar-refractivity contribution in [1.82, 2.24) is 15.1 Å². The maximum Gasteiger partial charge on any atom is 0.313 e. The van der Waals surface area contributed by atoms with Gasteiger partial charge in [-0.05, 0) is 60.7 Å². The summed E-state index contributed by atoms with van der Waals surface area (Å²) in [7, 11) is 4.28. The number of fused-ring (bicyclic) bond motifs is 1. The smallest absolute Gasteiger partial charge is 0.313 e. The molecule has 1 atom stereocenters. The second kappa shape index (κ2) is 11.2. The predicted molar refractivity (Wildman–Crippen MR) is 142 cm³/mol. The molecule has 0 aliphatic carbocycles. The van der Waals surface area contributed by atoms with Crippen LogP contribution in [0.2, 0.25) is 0 Å². The Morgan fingerprint density at radius 1 is 0.886 bits per heavy atom. The summed E-state index contributed by atoms with van der Waals surface area (Å²) in [5.41, 5.74) is 5.68. The lowest BCUT2D eigenvalue weighted by Gasteiger charge is -2.39. The lowest BCUT2D eigenvalue weighted by Crippen LogP contribution is -2.49. The number of anilines is 2. The van der Waals surface area contributed by atoms with Crippen molar-refractivity contribution >= 4 is 23.2 Å². The summed E-state index contributed by atoms with van der Waals surface area (Å²) in [6, 6.07) is 14.4. The Kier molecular flexibility index (Phi) is 8.08. The topological polar surface area (TPSA) is 67.9 Å². The minimum atomic E-state index is -0.633. The predicted octanol–water partition coefficient (Wildman–Crippen LogP) is 3.24. The van der Waals surface area contributed by atoms with E-state index in [0.29, 0.717) is 18.2 Å². The molecule has 2 aliphatic rings. The van der Waals surface area contributed by atoms with Gasteiger partial charge in [-0.15, -0.1) is 0 Å². The summed E-state index contributed by atoms with van der Waals surface area (Å²) in [6.07, 6.45) is 2.23. The number of rotatable bonds is 6. The highest BCUT2D eigenvalue weighted by Gasteiger charge is 2.27. The van der Waals surface area contributed by atoms with Gasteiger partial charge in [-0.1, -0.05) is 38.1 Å². The molecule has 188 valence electrons. The molecule has 7 nitrogen and oxygen atoms in total. The van der Waals surface area contributed by atoms with Gasteiger partial charge < -0.3 is 20.4 Å². The molecule has 0 bridgehead atoms. The van der Waals surface area contributed by atoms with Crippen molar-refractivity contribution in [3.05, 3.63) is 59.2 Å². The fourth-order valence-corrected chi connectivity index (χ4v) is 5.01. The monoisotopic (exact) mass is 477 g/mol. The zero-order chi connectivity index (χ0) is 24.9. The van der Waals surface area contributed by atoms with Gasteiger partial charge in [0.1, 0.15) is 0 Å². The number of hydrogen-bond acceptors (Lipinski definition) is 5. The lowest BCUT2D eigenvalue weighted by molar-refractivity contribution is -0.136. The molecule has 4 rings (SSSR count). The molecule has 2 aromatic rings. The van der Waals surface area contributed by atoms with Crippen LogP contribution in [-0.2, 0) is 16.0 Å². The maximum absolute atomic E-state index is 12.7. The van der Waals surface area contributed by atoms with E-state index in [1.165, 1.54) is 22.4 Å². The minimum Gasteiger partial charge on any atom is -0.374 e. The molecular weight excluding hydrogens is 438 g/mol. The highest BCUT2D eigenvalue weighted by Crippen LogP contribution is 2.31. The average molecular weight is 478 g/mol. The number of nitrogens with one attached hydrogen (secondary N) is 2. The zero-order valence-electron chi connectivity index (χ0n) is 21.5. The fraction of sp³-hybridized carbons (Fsp3) is 0.500. The SMILES string of the molecule is CC(C)c1ccc(NC(=O)C(=O)NC[C@H](c2ccc3c(c2)CCCN3C)N2CCN(C)CC2)cc1. The number of carbonyl (C=O) groups excluding carboxylic acids is 2. The second-order valence-electron chi connectivity index (χ2n) is 10.2. The van der Waals surface area contributed by atoms with E-state index in [2.05, 4.69) is 71.5 Å². The summed E-state index contributed by atoms with van der Waals surface area (Å²) >= 11 is 0. The van der Waals surface area contributed by atoms with Crippen LogP contribution < -0.4 is 15.5 Å². The molecule has 0 spiro atoms. The van der Waals surface area contributed by atoms with Crippen LogP contribution in [0.1, 0.15) is 48.9 Å². The molecule has 2 aliphatic heterocycles. The van der Waals surface area contributed by atoms with Crippen LogP contribution >= 0.6 is 0 Å². The van der Waals surface area contributed by atoms with E-state index in [-0.39, 0.29) is 6.04 Å². The molecule has 0 radical (unpaired) electrons. The standard InChI is InChI=1S/C28H39N5O2/c1-20(2)21-7-10-24(11-8-21)30-28(35)27(34)29-19-26(33-16-14-31(3)15-17-33)23-9-12-25-22(18-23)6-5-13-32(25)4/h7-12,18,20,26H,5-6,13-17,19H2,1-4H3,(H,29,34)(H,30,35)/t26-/m1/s1. The van der Waals surface area contributed by atoms with Crippen LogP contribution in [0.5, 0.6) is 0 Å². The summed E-state index contributed by atoms with van der Waals surface area (Å²) in [6.45, 7) is 9.58. The fourth-order valence-electron chi connectivity index (χ4n) is 5.01. The number of carbonyl (C=O) groups is 2. The van der Waals surface area contributed by atoms with Crippen LogP contribution in [-0.4, -0.2) is 75.0 Å². The molecule has 0 unspecified atom stereocenters. The first-order valence-corrected chi connectivity index (χ1v) is 12.8. The van der Waals surface area contributed by atoms with E-state index < -0.39 is 11.8 Å². The number of nitrogens with zero attached hydrogens (tertiary/aromatic N) is 3. The third kappa shape index (κ3) is 6.21. The van der Waals surface area contributed by atoms with Gasteiger partial charge in [0, 0.05) is 57.7 Å². The van der Waals surface area contributed by atoms with Gasteiger partial charge in [-0.3, -0.25) is 14.5 Å². The van der Waals surface area contributed by atoms with E-state index in [4.69, 9.17) is 0 Å². The summed E-state index contributed by atoms with van der Waals surface area (Å²) in [5, 5.41) is 5.64. The van der Waals surface area contributed by atoms with Gasteiger partial charge in [0.15, 0.2) is 0 Å².